The largest absolute Gasteiger partial charge is 0.452 e. The Kier molecular flexibility index (Phi) is 6.45. The molecule has 132 valence electrons. The van der Waals surface area contributed by atoms with Crippen molar-refractivity contribution < 1.29 is 23.5 Å². The second-order valence-corrected chi connectivity index (χ2v) is 6.59. The molecule has 6 nitrogen and oxygen atoms in total. The summed E-state index contributed by atoms with van der Waals surface area (Å²) in [6.07, 6.45) is 0. The molecule has 0 heterocycles. The number of hydrogen-bond donors (Lipinski definition) is 1. The van der Waals surface area contributed by atoms with Crippen LogP contribution in [0.4, 0.5) is 4.39 Å². The van der Waals surface area contributed by atoms with Crippen LogP contribution in [-0.2, 0) is 14.3 Å². The van der Waals surface area contributed by atoms with Crippen LogP contribution < -0.4 is 5.32 Å². The average Bonchev–Trinajstić information content (AvgIpc) is 2.45. The van der Waals surface area contributed by atoms with Crippen molar-refractivity contribution in [3.8, 4) is 0 Å². The van der Waals surface area contributed by atoms with E-state index in [2.05, 4.69) is 5.32 Å². The monoisotopic (exact) mass is 338 g/mol. The molecule has 24 heavy (non-hydrogen) atoms. The third kappa shape index (κ3) is 6.36. The topological polar surface area (TPSA) is 75.7 Å². The zero-order chi connectivity index (χ0) is 18.5. The highest BCUT2D eigenvalue weighted by atomic mass is 19.1. The zero-order valence-corrected chi connectivity index (χ0v) is 14.6. The molecule has 1 aromatic carbocycles. The number of benzene rings is 1. The quantitative estimate of drug-likeness (QED) is 0.829. The molecule has 0 aliphatic heterocycles. The van der Waals surface area contributed by atoms with Gasteiger partial charge in [-0.15, -0.1) is 0 Å². The summed E-state index contributed by atoms with van der Waals surface area (Å²) in [7, 11) is 1.43. The van der Waals surface area contributed by atoms with E-state index in [9.17, 15) is 18.8 Å². The molecule has 1 N–H and O–H groups in total. The van der Waals surface area contributed by atoms with Crippen LogP contribution >= 0.6 is 0 Å². The Hall–Kier alpha value is -2.44. The van der Waals surface area contributed by atoms with E-state index in [0.717, 1.165) is 11.0 Å². The SMILES string of the molecule is Cc1ccc(C(=O)OCC(=O)N(C)CC(=O)NC(C)(C)C)cc1F. The molecule has 0 aliphatic rings. The van der Waals surface area contributed by atoms with Gasteiger partial charge >= 0.3 is 5.97 Å². The van der Waals surface area contributed by atoms with Gasteiger partial charge in [0.15, 0.2) is 6.61 Å². The third-order valence-electron chi connectivity index (χ3n) is 3.06. The summed E-state index contributed by atoms with van der Waals surface area (Å²) in [5.41, 5.74) is 0.0365. The fourth-order valence-electron chi connectivity index (χ4n) is 1.80. The van der Waals surface area contributed by atoms with E-state index in [4.69, 9.17) is 4.74 Å². The Morgan fingerprint density at radius 3 is 2.42 bits per heavy atom. The molecule has 0 aromatic heterocycles. The van der Waals surface area contributed by atoms with Crippen LogP contribution in [0.3, 0.4) is 0 Å². The smallest absolute Gasteiger partial charge is 0.338 e. The maximum atomic E-state index is 13.4. The molecular formula is C17H23FN2O4. The molecule has 2 amide bonds. The minimum atomic E-state index is -0.796. The fraction of sp³-hybridized carbons (Fsp3) is 0.471. The van der Waals surface area contributed by atoms with Gasteiger partial charge in [0.2, 0.25) is 5.91 Å². The van der Waals surface area contributed by atoms with Gasteiger partial charge in [-0.3, -0.25) is 9.59 Å². The van der Waals surface area contributed by atoms with Gasteiger partial charge in [0, 0.05) is 12.6 Å². The molecule has 0 spiro atoms. The number of aryl methyl sites for hydroxylation is 1. The van der Waals surface area contributed by atoms with E-state index >= 15 is 0 Å². The van der Waals surface area contributed by atoms with Crippen LogP contribution in [0.5, 0.6) is 0 Å². The Balaban J connectivity index is 2.51. The van der Waals surface area contributed by atoms with Crippen LogP contribution in [0.1, 0.15) is 36.7 Å². The third-order valence-corrected chi connectivity index (χ3v) is 3.06. The molecule has 0 unspecified atom stereocenters. The number of hydrogen-bond acceptors (Lipinski definition) is 4. The normalized spacial score (nSPS) is 10.9. The minimum Gasteiger partial charge on any atom is -0.452 e. The van der Waals surface area contributed by atoms with Crippen molar-refractivity contribution in [2.75, 3.05) is 20.2 Å². The molecule has 0 saturated carbocycles. The van der Waals surface area contributed by atoms with Gasteiger partial charge in [-0.1, -0.05) is 6.07 Å². The van der Waals surface area contributed by atoms with Crippen molar-refractivity contribution in [1.29, 1.82) is 0 Å². The Morgan fingerprint density at radius 1 is 1.25 bits per heavy atom. The molecule has 0 saturated heterocycles. The molecule has 1 rings (SSSR count). The number of nitrogens with zero attached hydrogens (tertiary/aromatic N) is 1. The number of carbonyl (C=O) groups is 3. The second-order valence-electron chi connectivity index (χ2n) is 6.59. The van der Waals surface area contributed by atoms with E-state index in [-0.39, 0.29) is 18.0 Å². The number of halogens is 1. The van der Waals surface area contributed by atoms with E-state index in [1.165, 1.54) is 19.2 Å². The van der Waals surface area contributed by atoms with Crippen molar-refractivity contribution in [1.82, 2.24) is 10.2 Å². The Morgan fingerprint density at radius 2 is 1.88 bits per heavy atom. The Labute approximate surface area is 141 Å². The molecular weight excluding hydrogens is 315 g/mol. The van der Waals surface area contributed by atoms with Gasteiger partial charge in [0.1, 0.15) is 5.82 Å². The lowest BCUT2D eigenvalue weighted by Gasteiger charge is -2.23. The lowest BCUT2D eigenvalue weighted by atomic mass is 10.1. The molecule has 0 bridgehead atoms. The van der Waals surface area contributed by atoms with Crippen LogP contribution in [0.25, 0.3) is 0 Å². The standard InChI is InChI=1S/C17H23FN2O4/c1-11-6-7-12(8-13(11)18)16(23)24-10-15(22)20(5)9-14(21)19-17(2,3)4/h6-8H,9-10H2,1-5H3,(H,19,21). The van der Waals surface area contributed by atoms with Gasteiger partial charge in [-0.05, 0) is 45.4 Å². The van der Waals surface area contributed by atoms with Crippen LogP contribution in [0, 0.1) is 12.7 Å². The van der Waals surface area contributed by atoms with Gasteiger partial charge in [0.25, 0.3) is 5.91 Å². The van der Waals surface area contributed by atoms with Crippen molar-refractivity contribution in [3.63, 3.8) is 0 Å². The number of ether oxygens (including phenoxy) is 1. The lowest BCUT2D eigenvalue weighted by Crippen LogP contribution is -2.46. The number of likely N-dealkylation sites (N-methyl/N-ethyl adjacent to an activating group) is 1. The van der Waals surface area contributed by atoms with E-state index in [1.807, 2.05) is 20.8 Å². The molecule has 0 aliphatic carbocycles. The highest BCUT2D eigenvalue weighted by Crippen LogP contribution is 2.10. The summed E-state index contributed by atoms with van der Waals surface area (Å²) in [5, 5.41) is 2.72. The van der Waals surface area contributed by atoms with Gasteiger partial charge in [-0.2, -0.15) is 0 Å². The molecule has 7 heteroatoms. The first-order chi connectivity index (χ1) is 11.0. The molecule has 0 fully saturated rings. The first kappa shape index (κ1) is 19.6. The summed E-state index contributed by atoms with van der Waals surface area (Å²) in [4.78, 5) is 36.6. The van der Waals surface area contributed by atoms with E-state index in [1.54, 1.807) is 6.92 Å². The summed E-state index contributed by atoms with van der Waals surface area (Å²) >= 11 is 0. The number of carbonyl (C=O) groups excluding carboxylic acids is 3. The predicted molar refractivity (Wildman–Crippen MR) is 87.0 cm³/mol. The minimum absolute atomic E-state index is 0.0269. The number of esters is 1. The van der Waals surface area contributed by atoms with Gasteiger partial charge in [0.05, 0.1) is 12.1 Å². The first-order valence-electron chi connectivity index (χ1n) is 7.48. The fourth-order valence-corrected chi connectivity index (χ4v) is 1.80. The highest BCUT2D eigenvalue weighted by Gasteiger charge is 2.19. The lowest BCUT2D eigenvalue weighted by molar-refractivity contribution is -0.137. The highest BCUT2D eigenvalue weighted by molar-refractivity contribution is 5.92. The molecule has 1 aromatic rings. The van der Waals surface area contributed by atoms with Gasteiger partial charge in [-0.25, -0.2) is 9.18 Å². The summed E-state index contributed by atoms with van der Waals surface area (Å²) in [6.45, 7) is 6.39. The predicted octanol–water partition coefficient (Wildman–Crippen LogP) is 1.66. The summed E-state index contributed by atoms with van der Waals surface area (Å²) in [5.74, 6) is -2.16. The number of amides is 2. The first-order valence-corrected chi connectivity index (χ1v) is 7.48. The van der Waals surface area contributed by atoms with Crippen molar-refractivity contribution >= 4 is 17.8 Å². The molecule has 0 radical (unpaired) electrons. The van der Waals surface area contributed by atoms with Crippen LogP contribution in [0.2, 0.25) is 0 Å². The number of rotatable bonds is 5. The van der Waals surface area contributed by atoms with Crippen molar-refractivity contribution in [3.05, 3.63) is 35.1 Å². The van der Waals surface area contributed by atoms with E-state index in [0.29, 0.717) is 5.56 Å². The maximum absolute atomic E-state index is 13.4. The zero-order valence-electron chi connectivity index (χ0n) is 14.6. The Bertz CT molecular complexity index is 638. The summed E-state index contributed by atoms with van der Waals surface area (Å²) in [6, 6.07) is 3.94. The number of nitrogens with one attached hydrogen (secondary N) is 1. The van der Waals surface area contributed by atoms with Crippen LogP contribution in [0.15, 0.2) is 18.2 Å². The average molecular weight is 338 g/mol. The van der Waals surface area contributed by atoms with Crippen molar-refractivity contribution in [2.24, 2.45) is 0 Å². The second kappa shape index (κ2) is 7.90. The van der Waals surface area contributed by atoms with Crippen molar-refractivity contribution in [2.45, 2.75) is 33.2 Å². The molecule has 0 atom stereocenters. The van der Waals surface area contributed by atoms with E-state index < -0.39 is 29.8 Å². The maximum Gasteiger partial charge on any atom is 0.338 e. The summed E-state index contributed by atoms with van der Waals surface area (Å²) < 4.78 is 18.3. The van der Waals surface area contributed by atoms with Crippen LogP contribution in [-0.4, -0.2) is 48.4 Å². The van der Waals surface area contributed by atoms with Gasteiger partial charge < -0.3 is 15.0 Å².